The third-order valence-corrected chi connectivity index (χ3v) is 2.60. The first kappa shape index (κ1) is 16.5. The Bertz CT molecular complexity index is 414. The molecule has 2 atom stereocenters. The van der Waals surface area contributed by atoms with Gasteiger partial charge in [0.15, 0.2) is 6.23 Å². The van der Waals surface area contributed by atoms with Crippen LogP contribution < -0.4 is 5.32 Å². The lowest BCUT2D eigenvalue weighted by Crippen LogP contribution is -2.45. The van der Waals surface area contributed by atoms with E-state index in [1.807, 2.05) is 30.3 Å². The van der Waals surface area contributed by atoms with Crippen LogP contribution in [0.15, 0.2) is 30.3 Å². The number of alkyl carbamates (subject to hydrolysis) is 1. The van der Waals surface area contributed by atoms with E-state index in [4.69, 9.17) is 4.74 Å². The quantitative estimate of drug-likeness (QED) is 0.719. The van der Waals surface area contributed by atoms with E-state index >= 15 is 0 Å². The Labute approximate surface area is 119 Å². The maximum absolute atomic E-state index is 11.4. The summed E-state index contributed by atoms with van der Waals surface area (Å²) in [5.74, 6) is 0. The van der Waals surface area contributed by atoms with Gasteiger partial charge in [-0.2, -0.15) is 0 Å². The summed E-state index contributed by atoms with van der Waals surface area (Å²) in [4.78, 5) is 11.4. The molecule has 5 heteroatoms. The Hall–Kier alpha value is -1.59. The molecule has 0 heterocycles. The van der Waals surface area contributed by atoms with Gasteiger partial charge in [0.25, 0.3) is 0 Å². The number of hydrogen-bond acceptors (Lipinski definition) is 4. The van der Waals surface area contributed by atoms with E-state index in [1.54, 1.807) is 20.8 Å². The Kier molecular flexibility index (Phi) is 5.98. The summed E-state index contributed by atoms with van der Waals surface area (Å²) in [6.45, 7) is 5.18. The van der Waals surface area contributed by atoms with E-state index in [9.17, 15) is 15.0 Å². The first-order valence-electron chi connectivity index (χ1n) is 6.67. The van der Waals surface area contributed by atoms with Crippen LogP contribution in [0.25, 0.3) is 0 Å². The molecule has 0 saturated carbocycles. The van der Waals surface area contributed by atoms with Gasteiger partial charge in [-0.1, -0.05) is 30.3 Å². The van der Waals surface area contributed by atoms with Gasteiger partial charge in [-0.25, -0.2) is 4.79 Å². The molecule has 1 aromatic carbocycles. The number of aryl methyl sites for hydroxylation is 1. The molecule has 112 valence electrons. The van der Waals surface area contributed by atoms with Crippen LogP contribution in [-0.2, 0) is 11.2 Å². The van der Waals surface area contributed by atoms with Crippen molar-refractivity contribution >= 4 is 6.09 Å². The third kappa shape index (κ3) is 6.54. The second-order valence-electron chi connectivity index (χ2n) is 5.68. The van der Waals surface area contributed by atoms with Crippen molar-refractivity contribution in [1.29, 1.82) is 0 Å². The number of benzene rings is 1. The zero-order valence-electron chi connectivity index (χ0n) is 12.2. The molecule has 1 aromatic rings. The van der Waals surface area contributed by atoms with Crippen molar-refractivity contribution in [1.82, 2.24) is 5.32 Å². The fourth-order valence-electron chi connectivity index (χ4n) is 1.64. The smallest absolute Gasteiger partial charge is 0.409 e. The van der Waals surface area contributed by atoms with E-state index < -0.39 is 24.0 Å². The average Bonchev–Trinajstić information content (AvgIpc) is 2.34. The highest BCUT2D eigenvalue weighted by Crippen LogP contribution is 2.09. The fourth-order valence-corrected chi connectivity index (χ4v) is 1.64. The highest BCUT2D eigenvalue weighted by atomic mass is 16.6. The van der Waals surface area contributed by atoms with E-state index in [0.717, 1.165) is 5.56 Å². The number of carbonyl (C=O) groups excluding carboxylic acids is 1. The van der Waals surface area contributed by atoms with Crippen LogP contribution in [0, 0.1) is 0 Å². The van der Waals surface area contributed by atoms with Crippen molar-refractivity contribution in [2.24, 2.45) is 0 Å². The topological polar surface area (TPSA) is 78.8 Å². The minimum atomic E-state index is -1.34. The van der Waals surface area contributed by atoms with Gasteiger partial charge < -0.3 is 14.9 Å². The van der Waals surface area contributed by atoms with Gasteiger partial charge in [0.2, 0.25) is 0 Å². The van der Waals surface area contributed by atoms with Gasteiger partial charge in [-0.05, 0) is 39.2 Å². The standard InChI is InChI=1S/C15H23NO4/c1-15(2,3)20-14(19)16-13(18)12(17)10-9-11-7-5-4-6-8-11/h4-8,12-13,17-18H,9-10H2,1-3H3,(H,16,19). The molecule has 0 aliphatic carbocycles. The predicted octanol–water partition coefficient (Wildman–Crippen LogP) is 1.82. The van der Waals surface area contributed by atoms with Crippen LogP contribution in [0.4, 0.5) is 4.79 Å². The number of aliphatic hydroxyl groups is 2. The van der Waals surface area contributed by atoms with Crippen molar-refractivity contribution in [3.05, 3.63) is 35.9 Å². The zero-order chi connectivity index (χ0) is 15.2. The largest absolute Gasteiger partial charge is 0.444 e. The first-order valence-corrected chi connectivity index (χ1v) is 6.67. The molecule has 0 fully saturated rings. The number of aliphatic hydroxyl groups excluding tert-OH is 2. The summed E-state index contributed by atoms with van der Waals surface area (Å²) in [5, 5.41) is 21.7. The molecular formula is C15H23NO4. The van der Waals surface area contributed by atoms with Gasteiger partial charge in [0, 0.05) is 0 Å². The van der Waals surface area contributed by atoms with Crippen molar-refractivity contribution < 1.29 is 19.7 Å². The second-order valence-corrected chi connectivity index (χ2v) is 5.68. The molecule has 0 aliphatic heterocycles. The molecule has 0 spiro atoms. The first-order chi connectivity index (χ1) is 9.28. The molecule has 0 bridgehead atoms. The average molecular weight is 281 g/mol. The van der Waals surface area contributed by atoms with Gasteiger partial charge >= 0.3 is 6.09 Å². The molecule has 2 unspecified atom stereocenters. The number of carbonyl (C=O) groups is 1. The maximum Gasteiger partial charge on any atom is 0.409 e. The summed E-state index contributed by atoms with van der Waals surface area (Å²) in [6.07, 6.45) is -2.16. The Morgan fingerprint density at radius 1 is 1.25 bits per heavy atom. The molecule has 3 N–H and O–H groups in total. The monoisotopic (exact) mass is 281 g/mol. The summed E-state index contributed by atoms with van der Waals surface area (Å²) in [6, 6.07) is 9.63. The van der Waals surface area contributed by atoms with Crippen molar-refractivity contribution in [2.45, 2.75) is 51.5 Å². The summed E-state index contributed by atoms with van der Waals surface area (Å²) in [7, 11) is 0. The molecule has 1 rings (SSSR count). The second kappa shape index (κ2) is 7.26. The number of amides is 1. The molecule has 0 aromatic heterocycles. The lowest BCUT2D eigenvalue weighted by molar-refractivity contribution is -0.0172. The number of ether oxygens (including phenoxy) is 1. The van der Waals surface area contributed by atoms with Gasteiger partial charge in [0.05, 0.1) is 6.10 Å². The van der Waals surface area contributed by atoms with Gasteiger partial charge in [-0.3, -0.25) is 5.32 Å². The van der Waals surface area contributed by atoms with Crippen LogP contribution in [0.2, 0.25) is 0 Å². The summed E-state index contributed by atoms with van der Waals surface area (Å²) in [5.41, 5.74) is 0.426. The van der Waals surface area contributed by atoms with E-state index in [2.05, 4.69) is 5.32 Å². The minimum absolute atomic E-state index is 0.348. The van der Waals surface area contributed by atoms with Crippen molar-refractivity contribution in [3.8, 4) is 0 Å². The van der Waals surface area contributed by atoms with E-state index in [0.29, 0.717) is 12.8 Å². The predicted molar refractivity (Wildman–Crippen MR) is 76.1 cm³/mol. The maximum atomic E-state index is 11.4. The molecule has 0 saturated heterocycles. The lowest BCUT2D eigenvalue weighted by Gasteiger charge is -2.23. The normalized spacial score (nSPS) is 14.4. The Balaban J connectivity index is 2.35. The molecule has 5 nitrogen and oxygen atoms in total. The van der Waals surface area contributed by atoms with Gasteiger partial charge in [-0.15, -0.1) is 0 Å². The zero-order valence-corrected chi connectivity index (χ0v) is 12.2. The SMILES string of the molecule is CC(C)(C)OC(=O)NC(O)C(O)CCc1ccccc1. The minimum Gasteiger partial charge on any atom is -0.444 e. The Morgan fingerprint density at radius 2 is 1.85 bits per heavy atom. The highest BCUT2D eigenvalue weighted by molar-refractivity contribution is 5.67. The molecule has 1 amide bonds. The van der Waals surface area contributed by atoms with E-state index in [-0.39, 0.29) is 0 Å². The molecule has 0 radical (unpaired) electrons. The van der Waals surface area contributed by atoms with Crippen LogP contribution in [-0.4, -0.2) is 34.2 Å². The van der Waals surface area contributed by atoms with Gasteiger partial charge in [0.1, 0.15) is 5.60 Å². The number of rotatable bonds is 5. The van der Waals surface area contributed by atoms with Crippen molar-refractivity contribution in [3.63, 3.8) is 0 Å². The fraction of sp³-hybridized carbons (Fsp3) is 0.533. The van der Waals surface area contributed by atoms with Crippen LogP contribution in [0.5, 0.6) is 0 Å². The van der Waals surface area contributed by atoms with Crippen LogP contribution >= 0.6 is 0 Å². The van der Waals surface area contributed by atoms with E-state index in [1.165, 1.54) is 0 Å². The Morgan fingerprint density at radius 3 is 2.40 bits per heavy atom. The third-order valence-electron chi connectivity index (χ3n) is 2.60. The van der Waals surface area contributed by atoms with Crippen molar-refractivity contribution in [2.75, 3.05) is 0 Å². The molecule has 0 aliphatic rings. The number of nitrogens with one attached hydrogen (secondary N) is 1. The molecule has 20 heavy (non-hydrogen) atoms. The van der Waals surface area contributed by atoms with Crippen LogP contribution in [0.3, 0.4) is 0 Å². The lowest BCUT2D eigenvalue weighted by atomic mass is 10.1. The van der Waals surface area contributed by atoms with Crippen LogP contribution in [0.1, 0.15) is 32.8 Å². The number of hydrogen-bond donors (Lipinski definition) is 3. The highest BCUT2D eigenvalue weighted by Gasteiger charge is 2.22. The summed E-state index contributed by atoms with van der Waals surface area (Å²) >= 11 is 0. The summed E-state index contributed by atoms with van der Waals surface area (Å²) < 4.78 is 5.00. The molecular weight excluding hydrogens is 258 g/mol.